The normalized spacial score (nSPS) is 24.2. The summed E-state index contributed by atoms with van der Waals surface area (Å²) in [5.41, 5.74) is 6.17. The number of hydrogen-bond donors (Lipinski definition) is 1. The quantitative estimate of drug-likeness (QED) is 0.754. The second-order valence-corrected chi connectivity index (χ2v) is 5.88. The third-order valence-corrected chi connectivity index (χ3v) is 3.83. The number of rotatable bonds is 7. The van der Waals surface area contributed by atoms with Crippen molar-refractivity contribution < 1.29 is 9.47 Å². The zero-order valence-corrected chi connectivity index (χ0v) is 12.4. The van der Waals surface area contributed by atoms with Crippen molar-refractivity contribution in [1.29, 1.82) is 0 Å². The van der Waals surface area contributed by atoms with Gasteiger partial charge in [-0.15, -0.1) is 0 Å². The topological polar surface area (TPSA) is 47.7 Å². The van der Waals surface area contributed by atoms with Crippen LogP contribution in [0.15, 0.2) is 0 Å². The van der Waals surface area contributed by atoms with Gasteiger partial charge in [0.2, 0.25) is 0 Å². The van der Waals surface area contributed by atoms with E-state index < -0.39 is 0 Å². The average Bonchev–Trinajstić information content (AvgIpc) is 2.37. The van der Waals surface area contributed by atoms with E-state index >= 15 is 0 Å². The third kappa shape index (κ3) is 5.22. The molecular formula is C14H30N2O2. The maximum atomic E-state index is 6.26. The lowest BCUT2D eigenvalue weighted by molar-refractivity contribution is -0.0472. The average molecular weight is 258 g/mol. The van der Waals surface area contributed by atoms with Gasteiger partial charge >= 0.3 is 0 Å². The van der Waals surface area contributed by atoms with Gasteiger partial charge in [-0.3, -0.25) is 4.90 Å². The molecule has 0 aliphatic carbocycles. The lowest BCUT2D eigenvalue weighted by atomic mass is 9.96. The van der Waals surface area contributed by atoms with Crippen LogP contribution in [-0.2, 0) is 9.47 Å². The summed E-state index contributed by atoms with van der Waals surface area (Å²) < 4.78 is 11.2. The van der Waals surface area contributed by atoms with Crippen molar-refractivity contribution in [1.82, 2.24) is 4.90 Å². The molecule has 2 N–H and O–H groups in total. The van der Waals surface area contributed by atoms with Crippen molar-refractivity contribution in [3.8, 4) is 0 Å². The molecule has 0 aromatic heterocycles. The number of nitrogens with zero attached hydrogens (tertiary/aromatic N) is 1. The van der Waals surface area contributed by atoms with E-state index in [9.17, 15) is 0 Å². The molecule has 18 heavy (non-hydrogen) atoms. The summed E-state index contributed by atoms with van der Waals surface area (Å²) in [7, 11) is 1.76. The Morgan fingerprint density at radius 3 is 2.83 bits per heavy atom. The van der Waals surface area contributed by atoms with Gasteiger partial charge in [0, 0.05) is 26.2 Å². The standard InChI is InChI=1S/C14H30N2O2/c1-5-8-16-9-10-18-13(11-16)12(15)6-7-14(2,3)17-4/h12-13H,5-11,15H2,1-4H3. The van der Waals surface area contributed by atoms with Crippen molar-refractivity contribution in [3.05, 3.63) is 0 Å². The van der Waals surface area contributed by atoms with Crippen LogP contribution < -0.4 is 5.73 Å². The predicted molar refractivity (Wildman–Crippen MR) is 74.8 cm³/mol. The molecular weight excluding hydrogens is 228 g/mol. The fourth-order valence-electron chi connectivity index (χ4n) is 2.31. The maximum absolute atomic E-state index is 6.26. The first kappa shape index (κ1) is 15.9. The highest BCUT2D eigenvalue weighted by Crippen LogP contribution is 2.19. The van der Waals surface area contributed by atoms with E-state index in [1.807, 2.05) is 0 Å². The zero-order chi connectivity index (χ0) is 13.6. The molecule has 0 bridgehead atoms. The molecule has 0 spiro atoms. The fourth-order valence-corrected chi connectivity index (χ4v) is 2.31. The van der Waals surface area contributed by atoms with Gasteiger partial charge in [0.1, 0.15) is 0 Å². The van der Waals surface area contributed by atoms with Gasteiger partial charge in [-0.2, -0.15) is 0 Å². The summed E-state index contributed by atoms with van der Waals surface area (Å²) in [6.07, 6.45) is 3.29. The molecule has 0 aromatic carbocycles. The van der Waals surface area contributed by atoms with Crippen LogP contribution >= 0.6 is 0 Å². The first-order valence-corrected chi connectivity index (χ1v) is 7.13. The maximum Gasteiger partial charge on any atom is 0.0853 e. The Hall–Kier alpha value is -0.160. The minimum atomic E-state index is -0.0879. The molecule has 0 saturated carbocycles. The monoisotopic (exact) mass is 258 g/mol. The van der Waals surface area contributed by atoms with E-state index in [0.29, 0.717) is 0 Å². The van der Waals surface area contributed by atoms with Crippen molar-refractivity contribution in [2.75, 3.05) is 33.4 Å². The minimum Gasteiger partial charge on any atom is -0.379 e. The Kier molecular flexibility index (Phi) is 6.57. The van der Waals surface area contributed by atoms with Crippen molar-refractivity contribution >= 4 is 0 Å². The van der Waals surface area contributed by atoms with Crippen molar-refractivity contribution in [2.45, 2.75) is 57.8 Å². The SMILES string of the molecule is CCCN1CCOC(C(N)CCC(C)(C)OC)C1. The smallest absolute Gasteiger partial charge is 0.0853 e. The molecule has 0 aromatic rings. The van der Waals surface area contributed by atoms with E-state index in [1.54, 1.807) is 7.11 Å². The number of hydrogen-bond acceptors (Lipinski definition) is 4. The Labute approximate surface area is 112 Å². The summed E-state index contributed by atoms with van der Waals surface area (Å²) in [5.74, 6) is 0. The van der Waals surface area contributed by atoms with Crippen LogP contribution in [0.3, 0.4) is 0 Å². The molecule has 1 aliphatic rings. The lowest BCUT2D eigenvalue weighted by Gasteiger charge is -2.36. The Morgan fingerprint density at radius 1 is 1.50 bits per heavy atom. The van der Waals surface area contributed by atoms with Crippen LogP contribution in [0, 0.1) is 0 Å². The number of nitrogens with two attached hydrogens (primary N) is 1. The van der Waals surface area contributed by atoms with Crippen LogP contribution in [0.25, 0.3) is 0 Å². The van der Waals surface area contributed by atoms with Gasteiger partial charge in [-0.25, -0.2) is 0 Å². The van der Waals surface area contributed by atoms with E-state index in [1.165, 1.54) is 6.42 Å². The van der Waals surface area contributed by atoms with E-state index in [4.69, 9.17) is 15.2 Å². The van der Waals surface area contributed by atoms with Crippen molar-refractivity contribution in [3.63, 3.8) is 0 Å². The first-order chi connectivity index (χ1) is 8.48. The predicted octanol–water partition coefficient (Wildman–Crippen LogP) is 1.63. The zero-order valence-electron chi connectivity index (χ0n) is 12.4. The third-order valence-electron chi connectivity index (χ3n) is 3.83. The van der Waals surface area contributed by atoms with Crippen LogP contribution in [0.1, 0.15) is 40.0 Å². The molecule has 2 atom stereocenters. The van der Waals surface area contributed by atoms with Crippen LogP contribution in [0.4, 0.5) is 0 Å². The van der Waals surface area contributed by atoms with Gasteiger partial charge in [0.25, 0.3) is 0 Å². The second-order valence-electron chi connectivity index (χ2n) is 5.88. The van der Waals surface area contributed by atoms with E-state index in [-0.39, 0.29) is 17.7 Å². The molecule has 1 aliphatic heterocycles. The molecule has 1 fully saturated rings. The Morgan fingerprint density at radius 2 is 2.22 bits per heavy atom. The summed E-state index contributed by atoms with van der Waals surface area (Å²) in [6, 6.07) is 0.110. The molecule has 2 unspecified atom stereocenters. The molecule has 1 rings (SSSR count). The summed E-state index contributed by atoms with van der Waals surface area (Å²) in [5, 5.41) is 0. The molecule has 1 heterocycles. The molecule has 4 heteroatoms. The van der Waals surface area contributed by atoms with Gasteiger partial charge in [-0.05, 0) is 39.7 Å². The lowest BCUT2D eigenvalue weighted by Crippen LogP contribution is -2.51. The summed E-state index contributed by atoms with van der Waals surface area (Å²) in [6.45, 7) is 10.4. The highest BCUT2D eigenvalue weighted by atomic mass is 16.5. The minimum absolute atomic E-state index is 0.0879. The van der Waals surface area contributed by atoms with Gasteiger partial charge < -0.3 is 15.2 Å². The van der Waals surface area contributed by atoms with Crippen molar-refractivity contribution in [2.24, 2.45) is 5.73 Å². The number of methoxy groups -OCH3 is 1. The van der Waals surface area contributed by atoms with Gasteiger partial charge in [0.15, 0.2) is 0 Å². The van der Waals surface area contributed by atoms with Gasteiger partial charge in [0.05, 0.1) is 18.3 Å². The van der Waals surface area contributed by atoms with E-state index in [0.717, 1.165) is 39.1 Å². The Balaban J connectivity index is 2.34. The fraction of sp³-hybridized carbons (Fsp3) is 1.00. The number of morpholine rings is 1. The van der Waals surface area contributed by atoms with E-state index in [2.05, 4.69) is 25.7 Å². The number of ether oxygens (including phenoxy) is 2. The largest absolute Gasteiger partial charge is 0.379 e. The second kappa shape index (κ2) is 7.43. The Bertz CT molecular complexity index is 232. The first-order valence-electron chi connectivity index (χ1n) is 7.13. The molecule has 4 nitrogen and oxygen atoms in total. The highest BCUT2D eigenvalue weighted by Gasteiger charge is 2.27. The molecule has 108 valence electrons. The summed E-state index contributed by atoms with van der Waals surface area (Å²) in [4.78, 5) is 2.45. The van der Waals surface area contributed by atoms with Crippen LogP contribution in [-0.4, -0.2) is 56.0 Å². The van der Waals surface area contributed by atoms with Gasteiger partial charge in [-0.1, -0.05) is 6.92 Å². The van der Waals surface area contributed by atoms with Crippen LogP contribution in [0.2, 0.25) is 0 Å². The van der Waals surface area contributed by atoms with Crippen LogP contribution in [0.5, 0.6) is 0 Å². The molecule has 0 radical (unpaired) electrons. The molecule has 1 saturated heterocycles. The highest BCUT2D eigenvalue weighted by molar-refractivity contribution is 4.82. The summed E-state index contributed by atoms with van der Waals surface area (Å²) >= 11 is 0. The molecule has 0 amide bonds.